The van der Waals surface area contributed by atoms with Crippen LogP contribution in [0.5, 0.6) is 5.75 Å². The molecule has 1 aromatic carbocycles. The van der Waals surface area contributed by atoms with E-state index in [1.165, 1.54) is 5.56 Å². The molecule has 0 amide bonds. The predicted octanol–water partition coefficient (Wildman–Crippen LogP) is 2.46. The van der Waals surface area contributed by atoms with E-state index in [1.807, 2.05) is 19.9 Å². The zero-order chi connectivity index (χ0) is 14.0. The monoisotopic (exact) mass is 257 g/mol. The maximum Gasteiger partial charge on any atom is 0.127 e. The highest BCUT2D eigenvalue weighted by molar-refractivity contribution is 5.48. The van der Waals surface area contributed by atoms with Gasteiger partial charge < -0.3 is 10.5 Å². The highest BCUT2D eigenvalue weighted by atomic mass is 16.5. The second-order valence-corrected chi connectivity index (χ2v) is 4.69. The summed E-state index contributed by atoms with van der Waals surface area (Å²) in [5, 5.41) is 0. The first-order chi connectivity index (χ1) is 9.04. The Hall–Kier alpha value is -1.94. The van der Waals surface area contributed by atoms with Crippen LogP contribution in [0.15, 0.2) is 24.5 Å². The molecule has 19 heavy (non-hydrogen) atoms. The lowest BCUT2D eigenvalue weighted by Gasteiger charge is -2.18. The molecule has 1 unspecified atom stereocenters. The maximum absolute atomic E-state index is 6.28. The summed E-state index contributed by atoms with van der Waals surface area (Å²) in [6.07, 6.45) is 3.44. The minimum atomic E-state index is -0.331. The van der Waals surface area contributed by atoms with E-state index in [2.05, 4.69) is 23.0 Å². The van der Waals surface area contributed by atoms with Crippen molar-refractivity contribution in [1.29, 1.82) is 0 Å². The zero-order valence-corrected chi connectivity index (χ0v) is 11.8. The molecule has 0 bridgehead atoms. The van der Waals surface area contributed by atoms with E-state index in [4.69, 9.17) is 10.5 Å². The summed E-state index contributed by atoms with van der Waals surface area (Å²) >= 11 is 0. The van der Waals surface area contributed by atoms with Gasteiger partial charge in [0.15, 0.2) is 0 Å². The Morgan fingerprint density at radius 2 is 1.84 bits per heavy atom. The molecule has 100 valence electrons. The fourth-order valence-electron chi connectivity index (χ4n) is 2.05. The van der Waals surface area contributed by atoms with Crippen LogP contribution in [-0.4, -0.2) is 17.1 Å². The standard InChI is InChI=1S/C15H19N3O/c1-9-5-6-12(15(19-4)11(9)3)14(16)13-8-17-10(2)7-18-13/h5-8,14H,16H2,1-4H3. The molecule has 0 aliphatic carbocycles. The van der Waals surface area contributed by atoms with E-state index in [1.54, 1.807) is 19.5 Å². The third-order valence-corrected chi connectivity index (χ3v) is 3.37. The fourth-order valence-corrected chi connectivity index (χ4v) is 2.05. The van der Waals surface area contributed by atoms with E-state index in [-0.39, 0.29) is 6.04 Å². The molecular formula is C15H19N3O. The summed E-state index contributed by atoms with van der Waals surface area (Å²) in [5.74, 6) is 0.829. The van der Waals surface area contributed by atoms with Crippen molar-refractivity contribution in [3.63, 3.8) is 0 Å². The van der Waals surface area contributed by atoms with E-state index < -0.39 is 0 Å². The van der Waals surface area contributed by atoms with Gasteiger partial charge in [-0.15, -0.1) is 0 Å². The summed E-state index contributed by atoms with van der Waals surface area (Å²) in [6, 6.07) is 3.71. The molecule has 0 aliphatic rings. The number of aryl methyl sites for hydroxylation is 2. The summed E-state index contributed by atoms with van der Waals surface area (Å²) in [6.45, 7) is 5.99. The number of hydrogen-bond acceptors (Lipinski definition) is 4. The van der Waals surface area contributed by atoms with Crippen molar-refractivity contribution in [3.05, 3.63) is 52.6 Å². The minimum absolute atomic E-state index is 0.331. The molecule has 1 heterocycles. The Balaban J connectivity index is 2.46. The number of benzene rings is 1. The van der Waals surface area contributed by atoms with Crippen LogP contribution in [0.3, 0.4) is 0 Å². The SMILES string of the molecule is COc1c(C(N)c2cnc(C)cn2)ccc(C)c1C. The Morgan fingerprint density at radius 1 is 1.11 bits per heavy atom. The van der Waals surface area contributed by atoms with Crippen LogP contribution < -0.4 is 10.5 Å². The van der Waals surface area contributed by atoms with Gasteiger partial charge in [-0.25, -0.2) is 0 Å². The van der Waals surface area contributed by atoms with Crippen molar-refractivity contribution < 1.29 is 4.74 Å². The second-order valence-electron chi connectivity index (χ2n) is 4.69. The molecule has 0 saturated carbocycles. The number of aromatic nitrogens is 2. The number of nitrogens with zero attached hydrogens (tertiary/aromatic N) is 2. The number of nitrogens with two attached hydrogens (primary N) is 1. The van der Waals surface area contributed by atoms with Crippen LogP contribution in [0.25, 0.3) is 0 Å². The third-order valence-electron chi connectivity index (χ3n) is 3.37. The van der Waals surface area contributed by atoms with Gasteiger partial charge in [0.2, 0.25) is 0 Å². The van der Waals surface area contributed by atoms with Crippen LogP contribution >= 0.6 is 0 Å². The lowest BCUT2D eigenvalue weighted by atomic mass is 9.98. The van der Waals surface area contributed by atoms with Gasteiger partial charge in [-0.3, -0.25) is 9.97 Å². The van der Waals surface area contributed by atoms with Crippen molar-refractivity contribution in [2.75, 3.05) is 7.11 Å². The van der Waals surface area contributed by atoms with Crippen LogP contribution in [0.4, 0.5) is 0 Å². The van der Waals surface area contributed by atoms with Crippen molar-refractivity contribution in [3.8, 4) is 5.75 Å². The molecule has 4 nitrogen and oxygen atoms in total. The van der Waals surface area contributed by atoms with Gasteiger partial charge in [0, 0.05) is 11.8 Å². The van der Waals surface area contributed by atoms with Gasteiger partial charge in [0.25, 0.3) is 0 Å². The first kappa shape index (κ1) is 13.5. The van der Waals surface area contributed by atoms with Crippen LogP contribution in [0, 0.1) is 20.8 Å². The molecule has 0 aliphatic heterocycles. The molecule has 0 spiro atoms. The smallest absolute Gasteiger partial charge is 0.127 e. The molecule has 0 saturated heterocycles. The molecule has 0 fully saturated rings. The molecule has 2 rings (SSSR count). The summed E-state index contributed by atoms with van der Waals surface area (Å²) in [4.78, 5) is 8.58. The minimum Gasteiger partial charge on any atom is -0.496 e. The topological polar surface area (TPSA) is 61.0 Å². The molecule has 4 heteroatoms. The molecule has 2 aromatic rings. The summed E-state index contributed by atoms with van der Waals surface area (Å²) in [7, 11) is 1.67. The zero-order valence-electron chi connectivity index (χ0n) is 11.8. The van der Waals surface area contributed by atoms with E-state index in [0.717, 1.165) is 28.3 Å². The first-order valence-electron chi connectivity index (χ1n) is 6.22. The third kappa shape index (κ3) is 2.58. The molecule has 0 radical (unpaired) electrons. The Labute approximate surface area is 113 Å². The van der Waals surface area contributed by atoms with Gasteiger partial charge in [-0.1, -0.05) is 12.1 Å². The highest BCUT2D eigenvalue weighted by Crippen LogP contribution is 2.32. The van der Waals surface area contributed by atoms with Gasteiger partial charge >= 0.3 is 0 Å². The average Bonchev–Trinajstić information content (AvgIpc) is 2.41. The lowest BCUT2D eigenvalue weighted by molar-refractivity contribution is 0.404. The quantitative estimate of drug-likeness (QED) is 0.917. The number of hydrogen-bond donors (Lipinski definition) is 1. The number of ether oxygens (including phenoxy) is 1. The molecular weight excluding hydrogens is 238 g/mol. The van der Waals surface area contributed by atoms with Gasteiger partial charge in [-0.2, -0.15) is 0 Å². The lowest BCUT2D eigenvalue weighted by Crippen LogP contribution is -2.15. The van der Waals surface area contributed by atoms with Gasteiger partial charge in [-0.05, 0) is 31.9 Å². The summed E-state index contributed by atoms with van der Waals surface area (Å²) < 4.78 is 5.50. The Morgan fingerprint density at radius 3 is 2.42 bits per heavy atom. The normalized spacial score (nSPS) is 12.3. The summed E-state index contributed by atoms with van der Waals surface area (Å²) in [5.41, 5.74) is 11.1. The van der Waals surface area contributed by atoms with Crippen molar-refractivity contribution in [1.82, 2.24) is 9.97 Å². The van der Waals surface area contributed by atoms with Gasteiger partial charge in [0.05, 0.1) is 30.7 Å². The average molecular weight is 257 g/mol. The first-order valence-corrected chi connectivity index (χ1v) is 6.22. The molecule has 1 aromatic heterocycles. The highest BCUT2D eigenvalue weighted by Gasteiger charge is 2.17. The van der Waals surface area contributed by atoms with Crippen molar-refractivity contribution in [2.24, 2.45) is 5.73 Å². The van der Waals surface area contributed by atoms with E-state index in [9.17, 15) is 0 Å². The van der Waals surface area contributed by atoms with Crippen LogP contribution in [0.2, 0.25) is 0 Å². The van der Waals surface area contributed by atoms with Crippen molar-refractivity contribution >= 4 is 0 Å². The van der Waals surface area contributed by atoms with E-state index in [0.29, 0.717) is 0 Å². The maximum atomic E-state index is 6.28. The number of methoxy groups -OCH3 is 1. The Bertz CT molecular complexity index is 579. The van der Waals surface area contributed by atoms with Crippen LogP contribution in [0.1, 0.15) is 34.1 Å². The Kier molecular flexibility index (Phi) is 3.81. The fraction of sp³-hybridized carbons (Fsp3) is 0.333. The molecule has 1 atom stereocenters. The van der Waals surface area contributed by atoms with E-state index >= 15 is 0 Å². The largest absolute Gasteiger partial charge is 0.496 e. The second kappa shape index (κ2) is 5.36. The van der Waals surface area contributed by atoms with Crippen molar-refractivity contribution in [2.45, 2.75) is 26.8 Å². The van der Waals surface area contributed by atoms with Crippen LogP contribution in [-0.2, 0) is 0 Å². The predicted molar refractivity (Wildman–Crippen MR) is 75.3 cm³/mol. The van der Waals surface area contributed by atoms with Gasteiger partial charge in [0.1, 0.15) is 5.75 Å². The number of rotatable bonds is 3. The molecule has 2 N–H and O–H groups in total.